The minimum absolute atomic E-state index is 0.0853. The number of benzene rings is 1. The van der Waals surface area contributed by atoms with Crippen LogP contribution in [0, 0.1) is 13.8 Å². The summed E-state index contributed by atoms with van der Waals surface area (Å²) in [6.45, 7) is 5.59. The summed E-state index contributed by atoms with van der Waals surface area (Å²) in [7, 11) is 0. The number of hydrogen-bond acceptors (Lipinski definition) is 2. The lowest BCUT2D eigenvalue weighted by Crippen LogP contribution is -2.11. The first-order valence-electron chi connectivity index (χ1n) is 6.20. The quantitative estimate of drug-likeness (QED) is 0.845. The molecular formula is C15H17F2NS. The molecule has 0 spiro atoms. The molecule has 1 aromatic heterocycles. The molecule has 1 N–H and O–H groups in total. The second-order valence-corrected chi connectivity index (χ2v) is 5.94. The van der Waals surface area contributed by atoms with Crippen molar-refractivity contribution < 1.29 is 8.78 Å². The number of hydrogen-bond donors (Lipinski definition) is 1. The first-order valence-corrected chi connectivity index (χ1v) is 7.01. The zero-order valence-corrected chi connectivity index (χ0v) is 11.9. The average Bonchev–Trinajstić information content (AvgIpc) is 2.69. The molecule has 0 saturated heterocycles. The lowest BCUT2D eigenvalue weighted by atomic mass is 10.1. The topological polar surface area (TPSA) is 12.0 Å². The van der Waals surface area contributed by atoms with Crippen molar-refractivity contribution in [3.63, 3.8) is 0 Å². The zero-order chi connectivity index (χ0) is 13.8. The van der Waals surface area contributed by atoms with E-state index in [0.717, 1.165) is 12.1 Å². The van der Waals surface area contributed by atoms with Crippen LogP contribution in [0.4, 0.5) is 8.78 Å². The van der Waals surface area contributed by atoms with Crippen LogP contribution in [-0.4, -0.2) is 0 Å². The number of aryl methyl sites for hydroxylation is 2. The summed E-state index contributed by atoms with van der Waals surface area (Å²) in [6.07, 6.45) is -2.40. The van der Waals surface area contributed by atoms with Gasteiger partial charge >= 0.3 is 0 Å². The molecule has 0 fully saturated rings. The molecule has 2 aromatic rings. The molecule has 2 rings (SSSR count). The SMILES string of the molecule is Cc1cc(CNCc2cccc(C(F)F)c2)sc1C. The van der Waals surface area contributed by atoms with Crippen molar-refractivity contribution in [2.75, 3.05) is 0 Å². The Kier molecular flexibility index (Phi) is 4.66. The van der Waals surface area contributed by atoms with Gasteiger partial charge in [0.15, 0.2) is 0 Å². The molecular weight excluding hydrogens is 264 g/mol. The van der Waals surface area contributed by atoms with Crippen molar-refractivity contribution in [1.29, 1.82) is 0 Å². The maximum atomic E-state index is 12.6. The van der Waals surface area contributed by atoms with Gasteiger partial charge in [-0.15, -0.1) is 11.3 Å². The van der Waals surface area contributed by atoms with Gasteiger partial charge in [-0.2, -0.15) is 0 Å². The molecule has 0 unspecified atom stereocenters. The van der Waals surface area contributed by atoms with Crippen LogP contribution in [0.2, 0.25) is 0 Å². The zero-order valence-electron chi connectivity index (χ0n) is 11.0. The molecule has 0 radical (unpaired) electrons. The highest BCUT2D eigenvalue weighted by Gasteiger charge is 2.07. The number of rotatable bonds is 5. The Morgan fingerprint density at radius 3 is 2.58 bits per heavy atom. The molecule has 0 bridgehead atoms. The summed E-state index contributed by atoms with van der Waals surface area (Å²) in [5.74, 6) is 0. The fourth-order valence-corrected chi connectivity index (χ4v) is 2.93. The lowest BCUT2D eigenvalue weighted by molar-refractivity contribution is 0.151. The van der Waals surface area contributed by atoms with E-state index in [9.17, 15) is 8.78 Å². The van der Waals surface area contributed by atoms with Gasteiger partial charge in [-0.3, -0.25) is 0 Å². The van der Waals surface area contributed by atoms with Gasteiger partial charge in [0.25, 0.3) is 6.43 Å². The van der Waals surface area contributed by atoms with Crippen molar-refractivity contribution in [2.45, 2.75) is 33.4 Å². The van der Waals surface area contributed by atoms with E-state index in [1.807, 2.05) is 6.07 Å². The van der Waals surface area contributed by atoms with Crippen molar-refractivity contribution in [1.82, 2.24) is 5.32 Å². The van der Waals surface area contributed by atoms with Crippen LogP contribution in [0.5, 0.6) is 0 Å². The van der Waals surface area contributed by atoms with Crippen LogP contribution in [0.25, 0.3) is 0 Å². The van der Waals surface area contributed by atoms with Crippen molar-refractivity contribution in [3.05, 3.63) is 56.8 Å². The lowest BCUT2D eigenvalue weighted by Gasteiger charge is -2.06. The fraction of sp³-hybridized carbons (Fsp3) is 0.333. The molecule has 19 heavy (non-hydrogen) atoms. The van der Waals surface area contributed by atoms with Crippen LogP contribution in [0.1, 0.15) is 32.9 Å². The van der Waals surface area contributed by atoms with Gasteiger partial charge in [0, 0.05) is 28.4 Å². The van der Waals surface area contributed by atoms with E-state index in [-0.39, 0.29) is 5.56 Å². The predicted octanol–water partition coefficient (Wildman–Crippen LogP) is 4.59. The molecule has 1 nitrogen and oxygen atoms in total. The minimum Gasteiger partial charge on any atom is -0.308 e. The van der Waals surface area contributed by atoms with E-state index in [2.05, 4.69) is 25.2 Å². The maximum absolute atomic E-state index is 12.6. The molecule has 1 aromatic carbocycles. The highest BCUT2D eigenvalue weighted by Crippen LogP contribution is 2.21. The van der Waals surface area contributed by atoms with Crippen LogP contribution >= 0.6 is 11.3 Å². The minimum atomic E-state index is -2.40. The first kappa shape index (κ1) is 14.2. The van der Waals surface area contributed by atoms with E-state index in [1.54, 1.807) is 23.5 Å². The summed E-state index contributed by atoms with van der Waals surface area (Å²) >= 11 is 1.78. The largest absolute Gasteiger partial charge is 0.308 e. The van der Waals surface area contributed by atoms with E-state index >= 15 is 0 Å². The normalized spacial score (nSPS) is 11.2. The Morgan fingerprint density at radius 2 is 1.95 bits per heavy atom. The highest BCUT2D eigenvalue weighted by molar-refractivity contribution is 7.12. The molecule has 102 valence electrons. The number of alkyl halides is 2. The molecule has 0 atom stereocenters. The number of nitrogens with one attached hydrogen (secondary N) is 1. The summed E-state index contributed by atoms with van der Waals surface area (Å²) < 4.78 is 25.1. The maximum Gasteiger partial charge on any atom is 0.263 e. The Balaban J connectivity index is 1.90. The molecule has 0 aliphatic carbocycles. The molecule has 4 heteroatoms. The summed E-state index contributed by atoms with van der Waals surface area (Å²) in [5, 5.41) is 3.29. The molecule has 0 aliphatic rings. The number of halogens is 2. The Labute approximate surface area is 116 Å². The third-order valence-electron chi connectivity index (χ3n) is 3.05. The van der Waals surface area contributed by atoms with Crippen LogP contribution in [0.3, 0.4) is 0 Å². The monoisotopic (exact) mass is 281 g/mol. The third-order valence-corrected chi connectivity index (χ3v) is 4.20. The summed E-state index contributed by atoms with van der Waals surface area (Å²) in [4.78, 5) is 2.61. The Hall–Kier alpha value is -1.26. The Morgan fingerprint density at radius 1 is 1.16 bits per heavy atom. The molecule has 0 amide bonds. The van der Waals surface area contributed by atoms with E-state index < -0.39 is 6.43 Å². The van der Waals surface area contributed by atoms with Crippen LogP contribution in [-0.2, 0) is 13.1 Å². The second kappa shape index (κ2) is 6.26. The van der Waals surface area contributed by atoms with Crippen LogP contribution < -0.4 is 5.32 Å². The fourth-order valence-electron chi connectivity index (χ4n) is 1.91. The van der Waals surface area contributed by atoms with Gasteiger partial charge in [-0.05, 0) is 37.1 Å². The van der Waals surface area contributed by atoms with Gasteiger partial charge < -0.3 is 5.32 Å². The molecule has 1 heterocycles. The van der Waals surface area contributed by atoms with Crippen molar-refractivity contribution >= 4 is 11.3 Å². The van der Waals surface area contributed by atoms with Gasteiger partial charge in [0.05, 0.1) is 0 Å². The summed E-state index contributed by atoms with van der Waals surface area (Å²) in [6, 6.07) is 8.73. The third kappa shape index (κ3) is 3.85. The predicted molar refractivity (Wildman–Crippen MR) is 75.7 cm³/mol. The van der Waals surface area contributed by atoms with Crippen molar-refractivity contribution in [3.8, 4) is 0 Å². The number of thiophene rings is 1. The standard InChI is InChI=1S/C15H17F2NS/c1-10-6-14(19-11(10)2)9-18-8-12-4-3-5-13(7-12)15(16)17/h3-7,15,18H,8-9H2,1-2H3. The Bertz CT molecular complexity index is 529. The van der Waals surface area contributed by atoms with E-state index in [0.29, 0.717) is 6.54 Å². The van der Waals surface area contributed by atoms with Gasteiger partial charge in [0.2, 0.25) is 0 Å². The molecule has 0 aliphatic heterocycles. The van der Waals surface area contributed by atoms with Gasteiger partial charge in [-0.1, -0.05) is 18.2 Å². The van der Waals surface area contributed by atoms with Gasteiger partial charge in [-0.25, -0.2) is 8.78 Å². The van der Waals surface area contributed by atoms with Gasteiger partial charge in [0.1, 0.15) is 0 Å². The first-order chi connectivity index (χ1) is 9.06. The summed E-state index contributed by atoms with van der Waals surface area (Å²) in [5.41, 5.74) is 2.28. The molecule has 0 saturated carbocycles. The van der Waals surface area contributed by atoms with E-state index in [4.69, 9.17) is 0 Å². The second-order valence-electron chi connectivity index (χ2n) is 4.60. The van der Waals surface area contributed by atoms with Crippen LogP contribution in [0.15, 0.2) is 30.3 Å². The smallest absolute Gasteiger partial charge is 0.263 e. The average molecular weight is 281 g/mol. The highest BCUT2D eigenvalue weighted by atomic mass is 32.1. The van der Waals surface area contributed by atoms with E-state index in [1.165, 1.54) is 21.4 Å². The van der Waals surface area contributed by atoms with Crippen molar-refractivity contribution in [2.24, 2.45) is 0 Å².